The summed E-state index contributed by atoms with van der Waals surface area (Å²) in [6.07, 6.45) is 3.44. The van der Waals surface area contributed by atoms with E-state index in [4.69, 9.17) is 17.2 Å². The van der Waals surface area contributed by atoms with E-state index in [1.54, 1.807) is 0 Å². The second-order valence-electron chi connectivity index (χ2n) is 9.23. The quantitative estimate of drug-likeness (QED) is 0.0939. The number of nitrogens with zero attached hydrogens (tertiary/aromatic N) is 1. The number of primary amides is 1. The lowest BCUT2D eigenvalue weighted by atomic mass is 10.0. The fourth-order valence-electron chi connectivity index (χ4n) is 3.79. The number of phenolic OH excluding ortho intramolecular Hbond substituents is 1. The molecule has 2 rings (SSSR count). The zero-order valence-electron chi connectivity index (χ0n) is 21.8. The number of nitrogens with one attached hydrogen (secondary N) is 4. The maximum absolute atomic E-state index is 13.3. The van der Waals surface area contributed by atoms with Crippen molar-refractivity contribution in [1.82, 2.24) is 25.9 Å². The first-order chi connectivity index (χ1) is 19.0. The third-order valence-electron chi connectivity index (χ3n) is 5.94. The van der Waals surface area contributed by atoms with Crippen LogP contribution in [0, 0.1) is 0 Å². The highest BCUT2D eigenvalue weighted by Gasteiger charge is 2.31. The van der Waals surface area contributed by atoms with E-state index >= 15 is 0 Å². The first-order valence-corrected chi connectivity index (χ1v) is 12.6. The van der Waals surface area contributed by atoms with Gasteiger partial charge in [-0.15, -0.1) is 0 Å². The Labute approximate surface area is 230 Å². The van der Waals surface area contributed by atoms with E-state index < -0.39 is 60.2 Å². The number of carboxylic acids is 1. The van der Waals surface area contributed by atoms with Crippen LogP contribution in [0.3, 0.4) is 0 Å². The predicted octanol–water partition coefficient (Wildman–Crippen LogP) is -2.23. The third-order valence-corrected chi connectivity index (χ3v) is 5.94. The fourth-order valence-corrected chi connectivity index (χ4v) is 3.79. The van der Waals surface area contributed by atoms with Gasteiger partial charge in [0.05, 0.1) is 18.8 Å². The van der Waals surface area contributed by atoms with Gasteiger partial charge >= 0.3 is 5.97 Å². The Hall–Kier alpha value is -4.50. The number of carbonyl (C=O) groups excluding carboxylic acids is 4. The minimum absolute atomic E-state index is 0.00526. The predicted molar refractivity (Wildman–Crippen MR) is 142 cm³/mol. The Balaban J connectivity index is 2.21. The van der Waals surface area contributed by atoms with Gasteiger partial charge in [-0.25, -0.2) is 9.78 Å². The third kappa shape index (κ3) is 10.7. The number of nitrogens with two attached hydrogens (primary N) is 3. The Morgan fingerprint density at radius 1 is 0.900 bits per heavy atom. The lowest BCUT2D eigenvalue weighted by molar-refractivity contribution is -0.142. The number of rotatable bonds is 17. The molecule has 1 aromatic heterocycles. The summed E-state index contributed by atoms with van der Waals surface area (Å²) < 4.78 is 0. The van der Waals surface area contributed by atoms with Crippen molar-refractivity contribution in [3.8, 4) is 5.75 Å². The molecule has 0 aliphatic rings. The van der Waals surface area contributed by atoms with Crippen LogP contribution in [0.5, 0.6) is 5.75 Å². The maximum atomic E-state index is 13.3. The van der Waals surface area contributed by atoms with Crippen molar-refractivity contribution in [3.05, 3.63) is 48.0 Å². The SMILES string of the molecule is NCCCCC(NC(=O)C(N)CC(N)=O)C(=O)NC(Cc1cnc[nH]1)C(=O)NC(Cc1ccc(O)cc1)C(=O)O. The van der Waals surface area contributed by atoms with Gasteiger partial charge in [0.25, 0.3) is 0 Å². The van der Waals surface area contributed by atoms with Crippen LogP contribution in [0.25, 0.3) is 0 Å². The maximum Gasteiger partial charge on any atom is 0.326 e. The average Bonchev–Trinajstić information content (AvgIpc) is 3.41. The topological polar surface area (TPSA) is 269 Å². The monoisotopic (exact) mass is 560 g/mol. The zero-order valence-corrected chi connectivity index (χ0v) is 21.8. The summed E-state index contributed by atoms with van der Waals surface area (Å²) >= 11 is 0. The molecule has 0 aliphatic carbocycles. The zero-order chi connectivity index (χ0) is 29.7. The molecule has 1 aromatic carbocycles. The number of aromatic hydroxyl groups is 1. The summed E-state index contributed by atoms with van der Waals surface area (Å²) in [5, 5.41) is 26.7. The van der Waals surface area contributed by atoms with E-state index in [1.165, 1.54) is 36.8 Å². The van der Waals surface area contributed by atoms with Crippen molar-refractivity contribution in [2.24, 2.45) is 17.2 Å². The largest absolute Gasteiger partial charge is 0.508 e. The van der Waals surface area contributed by atoms with Crippen LogP contribution in [0.15, 0.2) is 36.8 Å². The van der Waals surface area contributed by atoms with E-state index in [0.29, 0.717) is 30.6 Å². The van der Waals surface area contributed by atoms with Gasteiger partial charge in [0.1, 0.15) is 23.9 Å². The molecule has 4 amide bonds. The molecule has 0 saturated carbocycles. The summed E-state index contributed by atoms with van der Waals surface area (Å²) in [7, 11) is 0. The molecule has 0 fully saturated rings. The number of amides is 4. The molecular formula is C25H36N8O7. The minimum atomic E-state index is -1.34. The average molecular weight is 561 g/mol. The molecule has 4 atom stereocenters. The number of aromatic nitrogens is 2. The van der Waals surface area contributed by atoms with Crippen molar-refractivity contribution >= 4 is 29.6 Å². The van der Waals surface area contributed by atoms with Gasteiger partial charge < -0.3 is 48.3 Å². The van der Waals surface area contributed by atoms with Crippen molar-refractivity contribution in [2.45, 2.75) is 62.7 Å². The number of H-pyrrole nitrogens is 1. The highest BCUT2D eigenvalue weighted by atomic mass is 16.4. The van der Waals surface area contributed by atoms with E-state index in [-0.39, 0.29) is 25.0 Å². The second-order valence-corrected chi connectivity index (χ2v) is 9.23. The molecule has 0 radical (unpaired) electrons. The molecule has 0 bridgehead atoms. The van der Waals surface area contributed by atoms with Gasteiger partial charge in [-0.05, 0) is 43.5 Å². The number of unbranched alkanes of at least 4 members (excludes halogenated alkanes) is 1. The van der Waals surface area contributed by atoms with Crippen LogP contribution in [0.2, 0.25) is 0 Å². The van der Waals surface area contributed by atoms with E-state index in [2.05, 4.69) is 25.9 Å². The number of benzene rings is 1. The van der Waals surface area contributed by atoms with Crippen molar-refractivity contribution < 1.29 is 34.2 Å². The van der Waals surface area contributed by atoms with Crippen molar-refractivity contribution in [3.63, 3.8) is 0 Å². The van der Waals surface area contributed by atoms with Gasteiger partial charge in [-0.2, -0.15) is 0 Å². The van der Waals surface area contributed by atoms with Crippen LogP contribution in [-0.2, 0) is 36.8 Å². The van der Waals surface area contributed by atoms with Gasteiger partial charge in [0.2, 0.25) is 23.6 Å². The van der Waals surface area contributed by atoms with Crippen LogP contribution in [0.1, 0.15) is 36.9 Å². The summed E-state index contributed by atoms with van der Waals surface area (Å²) in [4.78, 5) is 68.8. The van der Waals surface area contributed by atoms with Gasteiger partial charge in [0, 0.05) is 24.7 Å². The number of carboxylic acid groups (broad SMARTS) is 1. The Morgan fingerprint density at radius 3 is 2.10 bits per heavy atom. The number of carbonyl (C=O) groups is 5. The molecule has 2 aromatic rings. The fraction of sp³-hybridized carbons (Fsp3) is 0.440. The van der Waals surface area contributed by atoms with Crippen LogP contribution >= 0.6 is 0 Å². The molecule has 15 heteroatoms. The first kappa shape index (κ1) is 31.7. The molecule has 15 nitrogen and oxygen atoms in total. The van der Waals surface area contributed by atoms with Gasteiger partial charge in [-0.1, -0.05) is 12.1 Å². The highest BCUT2D eigenvalue weighted by Crippen LogP contribution is 2.12. The summed E-state index contributed by atoms with van der Waals surface area (Å²) in [6.45, 7) is 0.353. The lowest BCUT2D eigenvalue weighted by Gasteiger charge is -2.25. The molecule has 0 spiro atoms. The number of hydrogen-bond donors (Lipinski definition) is 9. The van der Waals surface area contributed by atoms with Crippen molar-refractivity contribution in [1.29, 1.82) is 0 Å². The summed E-state index contributed by atoms with van der Waals surface area (Å²) in [5.41, 5.74) is 17.4. The lowest BCUT2D eigenvalue weighted by Crippen LogP contribution is -2.58. The molecule has 40 heavy (non-hydrogen) atoms. The van der Waals surface area contributed by atoms with E-state index in [1.807, 2.05) is 0 Å². The number of aromatic amines is 1. The second kappa shape index (κ2) is 15.8. The van der Waals surface area contributed by atoms with Crippen LogP contribution in [0.4, 0.5) is 0 Å². The minimum Gasteiger partial charge on any atom is -0.508 e. The number of imidazole rings is 1. The normalized spacial score (nSPS) is 13.8. The molecule has 1 heterocycles. The molecule has 4 unspecified atom stereocenters. The van der Waals surface area contributed by atoms with Gasteiger partial charge in [0.15, 0.2) is 0 Å². The van der Waals surface area contributed by atoms with Crippen molar-refractivity contribution in [2.75, 3.05) is 6.54 Å². The standard InChI is InChI=1S/C25H36N8O7/c26-8-2-1-3-18(31-22(36)17(27)11-21(28)35)23(37)32-19(10-15-12-29-13-30-15)24(38)33-20(25(39)40)9-14-4-6-16(34)7-5-14/h4-7,12-13,17-20,34H,1-3,8-11,26-27H2,(H2,28,35)(H,29,30)(H,31,36)(H,32,37)(H,33,38)(H,39,40). The Kier molecular flexibility index (Phi) is 12.5. The number of aliphatic carboxylic acids is 1. The molecule has 0 aliphatic heterocycles. The van der Waals surface area contributed by atoms with E-state index in [0.717, 1.165) is 0 Å². The summed E-state index contributed by atoms with van der Waals surface area (Å²) in [5.74, 6) is -4.37. The Morgan fingerprint density at radius 2 is 1.52 bits per heavy atom. The Bertz CT molecular complexity index is 1140. The van der Waals surface area contributed by atoms with Crippen LogP contribution < -0.4 is 33.2 Å². The smallest absolute Gasteiger partial charge is 0.326 e. The summed E-state index contributed by atoms with van der Waals surface area (Å²) in [6, 6.07) is 0.854. The molecule has 12 N–H and O–H groups in total. The molecule has 0 saturated heterocycles. The number of phenols is 1. The van der Waals surface area contributed by atoms with Gasteiger partial charge in [-0.3, -0.25) is 19.2 Å². The number of hydrogen-bond acceptors (Lipinski definition) is 9. The molecular weight excluding hydrogens is 524 g/mol. The molecule has 218 valence electrons. The highest BCUT2D eigenvalue weighted by molar-refractivity contribution is 5.95. The van der Waals surface area contributed by atoms with E-state index in [9.17, 15) is 34.2 Å². The first-order valence-electron chi connectivity index (χ1n) is 12.6. The van der Waals surface area contributed by atoms with Crippen LogP contribution in [-0.4, -0.2) is 80.5 Å².